The molecule has 1 fully saturated rings. The van der Waals surface area contributed by atoms with Crippen molar-refractivity contribution in [1.82, 2.24) is 24.8 Å². The Hall–Kier alpha value is -3.39. The molecule has 1 saturated heterocycles. The summed E-state index contributed by atoms with van der Waals surface area (Å²) in [6.07, 6.45) is 7.70. The lowest BCUT2D eigenvalue weighted by molar-refractivity contribution is 0.0656. The van der Waals surface area contributed by atoms with Crippen LogP contribution in [0.2, 0.25) is 5.02 Å². The Morgan fingerprint density at radius 1 is 1.27 bits per heavy atom. The Labute approximate surface area is 196 Å². The minimum atomic E-state index is -0.177. The topological polar surface area (TPSA) is 90.2 Å². The highest BCUT2D eigenvalue weighted by Gasteiger charge is 2.30. The predicted molar refractivity (Wildman–Crippen MR) is 122 cm³/mol. The third kappa shape index (κ3) is 4.57. The molecular weight excluding hydrogens is 442 g/mol. The standard InChI is InChI=1S/C24H24ClN5O3/c1-2-30-15-18(12-27-30)21-11-22(33-28-21)24(31)29-9-5-7-17(14-29)23-26-13-19(32-23)10-16-6-3-4-8-20(16)25/h3-4,6,8,11-13,15,17H,2,5,7,9-10,14H2,1H3. The summed E-state index contributed by atoms with van der Waals surface area (Å²) in [5.41, 5.74) is 2.42. The summed E-state index contributed by atoms with van der Waals surface area (Å²) in [4.78, 5) is 19.3. The van der Waals surface area contributed by atoms with E-state index in [1.165, 1.54) is 0 Å². The zero-order valence-electron chi connectivity index (χ0n) is 18.3. The van der Waals surface area contributed by atoms with Crippen LogP contribution in [-0.2, 0) is 13.0 Å². The highest BCUT2D eigenvalue weighted by molar-refractivity contribution is 6.31. The molecule has 4 aromatic rings. The molecule has 1 aliphatic rings. The third-order valence-electron chi connectivity index (χ3n) is 5.93. The van der Waals surface area contributed by atoms with Gasteiger partial charge in [-0.25, -0.2) is 4.98 Å². The Kier molecular flexibility index (Phi) is 6.00. The molecular formula is C24H24ClN5O3. The first-order valence-corrected chi connectivity index (χ1v) is 11.5. The second-order valence-electron chi connectivity index (χ2n) is 8.18. The molecule has 0 saturated carbocycles. The highest BCUT2D eigenvalue weighted by Crippen LogP contribution is 2.29. The number of aryl methyl sites for hydroxylation is 1. The first-order valence-electron chi connectivity index (χ1n) is 11.1. The molecule has 1 amide bonds. The van der Waals surface area contributed by atoms with Crippen LogP contribution in [-0.4, -0.2) is 43.8 Å². The van der Waals surface area contributed by atoms with Crippen molar-refractivity contribution >= 4 is 17.5 Å². The minimum absolute atomic E-state index is 0.0351. The van der Waals surface area contributed by atoms with Crippen molar-refractivity contribution in [2.45, 2.75) is 38.6 Å². The van der Waals surface area contributed by atoms with Crippen molar-refractivity contribution in [2.24, 2.45) is 0 Å². The number of carbonyl (C=O) groups excluding carboxylic acids is 1. The molecule has 0 spiro atoms. The van der Waals surface area contributed by atoms with Gasteiger partial charge < -0.3 is 13.8 Å². The Bertz CT molecular complexity index is 1260. The molecule has 33 heavy (non-hydrogen) atoms. The monoisotopic (exact) mass is 465 g/mol. The van der Waals surface area contributed by atoms with Crippen LogP contribution in [0.1, 0.15) is 53.5 Å². The summed E-state index contributed by atoms with van der Waals surface area (Å²) >= 11 is 6.27. The first-order chi connectivity index (χ1) is 16.1. The molecule has 4 heterocycles. The number of hydrogen-bond acceptors (Lipinski definition) is 6. The van der Waals surface area contributed by atoms with Gasteiger partial charge in [0.25, 0.3) is 5.91 Å². The number of halogens is 1. The van der Waals surface area contributed by atoms with Gasteiger partial charge in [-0.05, 0) is 31.4 Å². The summed E-state index contributed by atoms with van der Waals surface area (Å²) in [6, 6.07) is 9.37. The normalized spacial score (nSPS) is 16.3. The zero-order chi connectivity index (χ0) is 22.8. The summed E-state index contributed by atoms with van der Waals surface area (Å²) in [5.74, 6) is 1.49. The number of piperidine rings is 1. The van der Waals surface area contributed by atoms with Gasteiger partial charge >= 0.3 is 0 Å². The fourth-order valence-corrected chi connectivity index (χ4v) is 4.32. The van der Waals surface area contributed by atoms with Crippen LogP contribution >= 0.6 is 11.6 Å². The summed E-state index contributed by atoms with van der Waals surface area (Å²) < 4.78 is 13.2. The molecule has 1 aliphatic heterocycles. The van der Waals surface area contributed by atoms with E-state index in [0.29, 0.717) is 36.1 Å². The van der Waals surface area contributed by atoms with Crippen LogP contribution in [0, 0.1) is 0 Å². The average Bonchev–Trinajstić information content (AvgIpc) is 3.60. The van der Waals surface area contributed by atoms with Gasteiger partial charge in [0.05, 0.1) is 18.3 Å². The van der Waals surface area contributed by atoms with Crippen molar-refractivity contribution in [3.63, 3.8) is 0 Å². The number of nitrogens with zero attached hydrogens (tertiary/aromatic N) is 5. The van der Waals surface area contributed by atoms with E-state index in [2.05, 4.69) is 15.2 Å². The summed E-state index contributed by atoms with van der Waals surface area (Å²) in [5, 5.41) is 9.01. The predicted octanol–water partition coefficient (Wildman–Crippen LogP) is 4.81. The molecule has 0 radical (unpaired) electrons. The maximum absolute atomic E-state index is 13.1. The second kappa shape index (κ2) is 9.23. The van der Waals surface area contributed by atoms with Crippen molar-refractivity contribution in [2.75, 3.05) is 13.1 Å². The molecule has 5 rings (SSSR count). The van der Waals surface area contributed by atoms with Gasteiger partial charge in [0.1, 0.15) is 11.5 Å². The molecule has 170 valence electrons. The number of oxazole rings is 1. The number of hydrogen-bond donors (Lipinski definition) is 0. The fraction of sp³-hybridized carbons (Fsp3) is 0.333. The Morgan fingerprint density at radius 3 is 2.97 bits per heavy atom. The smallest absolute Gasteiger partial charge is 0.292 e. The van der Waals surface area contributed by atoms with Crippen LogP contribution in [0.15, 0.2) is 57.9 Å². The number of aromatic nitrogens is 4. The van der Waals surface area contributed by atoms with Gasteiger partial charge in [0.15, 0.2) is 5.89 Å². The summed E-state index contributed by atoms with van der Waals surface area (Å²) in [6.45, 7) is 3.95. The van der Waals surface area contributed by atoms with Gasteiger partial charge in [-0.15, -0.1) is 0 Å². The molecule has 1 unspecified atom stereocenters. The fourth-order valence-electron chi connectivity index (χ4n) is 4.12. The third-order valence-corrected chi connectivity index (χ3v) is 6.29. The molecule has 8 nitrogen and oxygen atoms in total. The van der Waals surface area contributed by atoms with Crippen LogP contribution in [0.5, 0.6) is 0 Å². The lowest BCUT2D eigenvalue weighted by Crippen LogP contribution is -2.39. The van der Waals surface area contributed by atoms with E-state index in [0.717, 1.165) is 36.3 Å². The van der Waals surface area contributed by atoms with Gasteiger partial charge in [-0.2, -0.15) is 5.10 Å². The van der Waals surface area contributed by atoms with E-state index < -0.39 is 0 Å². The summed E-state index contributed by atoms with van der Waals surface area (Å²) in [7, 11) is 0. The highest BCUT2D eigenvalue weighted by atomic mass is 35.5. The van der Waals surface area contributed by atoms with Gasteiger partial charge in [-0.1, -0.05) is 35.0 Å². The number of carbonyl (C=O) groups is 1. The quantitative estimate of drug-likeness (QED) is 0.406. The number of amides is 1. The van der Waals surface area contributed by atoms with Crippen molar-refractivity contribution in [3.05, 3.63) is 76.9 Å². The lowest BCUT2D eigenvalue weighted by atomic mass is 9.98. The first kappa shape index (κ1) is 21.5. The van der Waals surface area contributed by atoms with Crippen LogP contribution in [0.3, 0.4) is 0 Å². The zero-order valence-corrected chi connectivity index (χ0v) is 19.0. The van der Waals surface area contributed by atoms with E-state index in [-0.39, 0.29) is 17.6 Å². The molecule has 0 N–H and O–H groups in total. The van der Waals surface area contributed by atoms with E-state index in [9.17, 15) is 4.79 Å². The molecule has 9 heteroatoms. The molecule has 1 aromatic carbocycles. The molecule has 0 bridgehead atoms. The Balaban J connectivity index is 1.26. The maximum Gasteiger partial charge on any atom is 0.292 e. The SMILES string of the molecule is CCn1cc(-c2cc(C(=O)N3CCCC(c4ncc(Cc5ccccc5Cl)o4)C3)on2)cn1. The molecule has 0 aliphatic carbocycles. The van der Waals surface area contributed by atoms with Gasteiger partial charge in [0.2, 0.25) is 5.76 Å². The minimum Gasteiger partial charge on any atom is -0.445 e. The van der Waals surface area contributed by atoms with Crippen LogP contribution in [0.25, 0.3) is 11.3 Å². The maximum atomic E-state index is 13.1. The van der Waals surface area contributed by atoms with Crippen molar-refractivity contribution in [1.29, 1.82) is 0 Å². The van der Waals surface area contributed by atoms with E-state index in [1.807, 2.05) is 37.4 Å². The van der Waals surface area contributed by atoms with E-state index >= 15 is 0 Å². The Morgan fingerprint density at radius 2 is 2.15 bits per heavy atom. The van der Waals surface area contributed by atoms with E-state index in [4.69, 9.17) is 20.5 Å². The van der Waals surface area contributed by atoms with Crippen LogP contribution < -0.4 is 0 Å². The van der Waals surface area contributed by atoms with Gasteiger partial charge in [0, 0.05) is 48.9 Å². The molecule has 3 aromatic heterocycles. The lowest BCUT2D eigenvalue weighted by Gasteiger charge is -2.30. The van der Waals surface area contributed by atoms with Gasteiger partial charge in [-0.3, -0.25) is 9.48 Å². The molecule has 1 atom stereocenters. The number of rotatable bonds is 6. The van der Waals surface area contributed by atoms with Crippen molar-refractivity contribution in [3.8, 4) is 11.3 Å². The largest absolute Gasteiger partial charge is 0.445 e. The average molecular weight is 466 g/mol. The van der Waals surface area contributed by atoms with E-state index in [1.54, 1.807) is 28.0 Å². The van der Waals surface area contributed by atoms with Crippen LogP contribution in [0.4, 0.5) is 0 Å². The van der Waals surface area contributed by atoms with Crippen molar-refractivity contribution < 1.29 is 13.7 Å². The number of benzene rings is 1. The number of likely N-dealkylation sites (tertiary alicyclic amines) is 1. The second-order valence-corrected chi connectivity index (χ2v) is 8.59.